The third-order valence-corrected chi connectivity index (χ3v) is 2.02. The van der Waals surface area contributed by atoms with Crippen LogP contribution in [0, 0.1) is 0 Å². The second kappa shape index (κ2) is 14.8. The third-order valence-electron chi connectivity index (χ3n) is 2.02. The predicted molar refractivity (Wildman–Crippen MR) is 70.8 cm³/mol. The van der Waals surface area contributed by atoms with E-state index in [0.717, 1.165) is 0 Å². The van der Waals surface area contributed by atoms with E-state index in [2.05, 4.69) is 0 Å². The van der Waals surface area contributed by atoms with Crippen LogP contribution in [0.4, 0.5) is 4.48 Å². The van der Waals surface area contributed by atoms with Gasteiger partial charge in [-0.3, -0.25) is 4.79 Å². The highest BCUT2D eigenvalue weighted by molar-refractivity contribution is 5.76. The molecular weight excluding hydrogens is 271 g/mol. The van der Waals surface area contributed by atoms with Crippen LogP contribution in [0.2, 0.25) is 0 Å². The van der Waals surface area contributed by atoms with Crippen LogP contribution in [-0.4, -0.2) is 77.0 Å². The van der Waals surface area contributed by atoms with Gasteiger partial charge in [-0.25, -0.2) is 0 Å². The van der Waals surface area contributed by atoms with Gasteiger partial charge in [0.2, 0.25) is 0 Å². The smallest absolute Gasteiger partial charge is 0.155 e. The molecule has 20 heavy (non-hydrogen) atoms. The number of carbonyl (C=O) groups is 1. The summed E-state index contributed by atoms with van der Waals surface area (Å²) in [5.41, 5.74) is 5.23. The second-order valence-corrected chi connectivity index (χ2v) is 3.99. The Kier molecular flexibility index (Phi) is 14.3. The maximum atomic E-state index is 13.2. The number of halogens is 1. The Bertz CT molecular complexity index is 234. The van der Waals surface area contributed by atoms with Crippen LogP contribution < -0.4 is 5.73 Å². The second-order valence-electron chi connectivity index (χ2n) is 3.99. The first-order chi connectivity index (χ1) is 9.66. The zero-order chi connectivity index (χ0) is 15.1. The molecule has 7 nitrogen and oxygen atoms in total. The monoisotopic (exact) mass is 296 g/mol. The van der Waals surface area contributed by atoms with Crippen LogP contribution in [0.15, 0.2) is 0 Å². The van der Waals surface area contributed by atoms with E-state index in [4.69, 9.17) is 24.7 Å². The lowest BCUT2D eigenvalue weighted by Crippen LogP contribution is -2.24. The van der Waals surface area contributed by atoms with Gasteiger partial charge in [-0.1, -0.05) is 0 Å². The van der Waals surface area contributed by atoms with E-state index in [0.29, 0.717) is 44.7 Å². The van der Waals surface area contributed by atoms with Crippen LogP contribution in [-0.2, 0) is 23.7 Å². The first kappa shape index (κ1) is 19.4. The summed E-state index contributed by atoms with van der Waals surface area (Å²) in [4.78, 5) is 10.6. The summed E-state index contributed by atoms with van der Waals surface area (Å²) in [6.45, 7) is 4.04. The van der Waals surface area contributed by atoms with Gasteiger partial charge < -0.3 is 24.7 Å². The molecule has 0 rings (SSSR count). The number of nitrogens with two attached hydrogens (primary N) is 1. The van der Waals surface area contributed by atoms with Gasteiger partial charge in [0, 0.05) is 6.54 Å². The standard InChI is InChI=1S/C12H25FN2O5/c1-12(16)10-19-8-6-18-5-3-15(13)11-20-9-7-17-4-2-14/h2-11,14H2,1H3. The van der Waals surface area contributed by atoms with Gasteiger partial charge in [0.05, 0.1) is 46.2 Å². The van der Waals surface area contributed by atoms with E-state index in [1.165, 1.54) is 6.92 Å². The van der Waals surface area contributed by atoms with Crippen molar-refractivity contribution in [3.05, 3.63) is 0 Å². The Morgan fingerprint density at radius 1 is 1.00 bits per heavy atom. The topological polar surface area (TPSA) is 83.2 Å². The van der Waals surface area contributed by atoms with E-state index in [1.807, 2.05) is 0 Å². The van der Waals surface area contributed by atoms with Gasteiger partial charge in [0.15, 0.2) is 5.78 Å². The van der Waals surface area contributed by atoms with E-state index < -0.39 is 0 Å². The van der Waals surface area contributed by atoms with E-state index in [-0.39, 0.29) is 32.3 Å². The normalized spacial score (nSPS) is 11.2. The number of hydrogen-bond donors (Lipinski definition) is 1. The zero-order valence-corrected chi connectivity index (χ0v) is 12.0. The number of ketones is 1. The average Bonchev–Trinajstić information content (AvgIpc) is 2.41. The molecule has 0 aromatic heterocycles. The van der Waals surface area contributed by atoms with E-state index in [9.17, 15) is 9.28 Å². The Hall–Kier alpha value is -0.640. The molecule has 0 saturated carbocycles. The first-order valence-corrected chi connectivity index (χ1v) is 6.58. The maximum absolute atomic E-state index is 13.2. The largest absolute Gasteiger partial charge is 0.378 e. The third kappa shape index (κ3) is 15.4. The molecule has 2 N–H and O–H groups in total. The van der Waals surface area contributed by atoms with Gasteiger partial charge in [0.25, 0.3) is 0 Å². The number of nitrogens with zero attached hydrogens (tertiary/aromatic N) is 1. The highest BCUT2D eigenvalue weighted by atomic mass is 19.2. The lowest BCUT2D eigenvalue weighted by atomic mass is 10.5. The van der Waals surface area contributed by atoms with Crippen molar-refractivity contribution in [2.24, 2.45) is 5.73 Å². The summed E-state index contributed by atoms with van der Waals surface area (Å²) in [7, 11) is 0. The Labute approximate surface area is 119 Å². The highest BCUT2D eigenvalue weighted by Crippen LogP contribution is 1.91. The summed E-state index contributed by atoms with van der Waals surface area (Å²) in [6.07, 6.45) is 0. The SMILES string of the molecule is CC(=O)COCCOCCN(F)COCCOCCN. The van der Waals surface area contributed by atoms with Gasteiger partial charge >= 0.3 is 0 Å². The lowest BCUT2D eigenvalue weighted by molar-refractivity contribution is -0.122. The number of carbonyl (C=O) groups excluding carboxylic acids is 1. The zero-order valence-electron chi connectivity index (χ0n) is 12.0. The van der Waals surface area contributed by atoms with Crippen LogP contribution in [0.25, 0.3) is 0 Å². The molecule has 120 valence electrons. The predicted octanol–water partition coefficient (Wildman–Crippen LogP) is -0.255. The molecule has 0 radical (unpaired) electrons. The molecule has 0 saturated heterocycles. The van der Waals surface area contributed by atoms with Crippen LogP contribution >= 0.6 is 0 Å². The van der Waals surface area contributed by atoms with Gasteiger partial charge in [-0.15, -0.1) is 9.60 Å². The molecule has 0 bridgehead atoms. The summed E-state index contributed by atoms with van der Waals surface area (Å²) < 4.78 is 33.4. The summed E-state index contributed by atoms with van der Waals surface area (Å²) >= 11 is 0. The Morgan fingerprint density at radius 2 is 1.60 bits per heavy atom. The Morgan fingerprint density at radius 3 is 2.25 bits per heavy atom. The molecule has 0 aliphatic heterocycles. The quantitative estimate of drug-likeness (QED) is 0.253. The molecule has 8 heteroatoms. The number of rotatable bonds is 15. The van der Waals surface area contributed by atoms with Crippen molar-refractivity contribution in [1.29, 1.82) is 0 Å². The van der Waals surface area contributed by atoms with Gasteiger partial charge in [0.1, 0.15) is 13.3 Å². The van der Waals surface area contributed by atoms with Crippen molar-refractivity contribution in [3.63, 3.8) is 0 Å². The minimum absolute atomic E-state index is 0.0347. The molecule has 0 atom stereocenters. The maximum Gasteiger partial charge on any atom is 0.155 e. The molecule has 0 unspecified atom stereocenters. The molecule has 0 aliphatic rings. The fourth-order valence-corrected chi connectivity index (χ4v) is 1.13. The molecule has 0 fully saturated rings. The lowest BCUT2D eigenvalue weighted by Gasteiger charge is -2.12. The number of Topliss-reactive ketones (excluding diaryl/α,β-unsaturated/α-hetero) is 1. The van der Waals surface area contributed by atoms with Crippen molar-refractivity contribution in [2.75, 3.05) is 66.1 Å². The molecule has 0 aliphatic carbocycles. The summed E-state index contributed by atoms with van der Waals surface area (Å²) in [6, 6.07) is 0. The number of ether oxygens (including phenoxy) is 4. The molecule has 0 spiro atoms. The van der Waals surface area contributed by atoms with Crippen molar-refractivity contribution in [3.8, 4) is 0 Å². The van der Waals surface area contributed by atoms with Gasteiger partial charge in [-0.05, 0) is 6.92 Å². The number of hydrogen-bond acceptors (Lipinski definition) is 7. The van der Waals surface area contributed by atoms with Crippen LogP contribution in [0.1, 0.15) is 6.92 Å². The highest BCUT2D eigenvalue weighted by Gasteiger charge is 2.02. The van der Waals surface area contributed by atoms with Crippen molar-refractivity contribution >= 4 is 5.78 Å². The van der Waals surface area contributed by atoms with Crippen LogP contribution in [0.3, 0.4) is 0 Å². The molecule has 0 aromatic rings. The average molecular weight is 296 g/mol. The molecule has 0 aromatic carbocycles. The van der Waals surface area contributed by atoms with Crippen molar-refractivity contribution in [2.45, 2.75) is 6.92 Å². The minimum Gasteiger partial charge on any atom is -0.378 e. The molecule has 0 amide bonds. The Balaban J connectivity index is 3.16. The fraction of sp³-hybridized carbons (Fsp3) is 0.917. The van der Waals surface area contributed by atoms with Crippen LogP contribution in [0.5, 0.6) is 0 Å². The van der Waals surface area contributed by atoms with Crippen molar-refractivity contribution < 1.29 is 28.2 Å². The summed E-state index contributed by atoms with van der Waals surface area (Å²) in [5.74, 6) is -0.0347. The summed E-state index contributed by atoms with van der Waals surface area (Å²) in [5, 5.41) is 0.513. The van der Waals surface area contributed by atoms with E-state index in [1.54, 1.807) is 0 Å². The van der Waals surface area contributed by atoms with Crippen molar-refractivity contribution in [1.82, 2.24) is 5.12 Å². The molecule has 0 heterocycles. The van der Waals surface area contributed by atoms with Gasteiger partial charge in [-0.2, -0.15) is 0 Å². The fourth-order valence-electron chi connectivity index (χ4n) is 1.13. The van der Waals surface area contributed by atoms with E-state index >= 15 is 0 Å². The molecular formula is C12H25FN2O5. The first-order valence-electron chi connectivity index (χ1n) is 6.58. The minimum atomic E-state index is -0.129.